The molecule has 0 saturated carbocycles. The zero-order chi connectivity index (χ0) is 13.2. The van der Waals surface area contributed by atoms with Gasteiger partial charge in [-0.25, -0.2) is 4.98 Å². The molecule has 0 amide bonds. The third kappa shape index (κ3) is 2.56. The van der Waals surface area contributed by atoms with E-state index >= 15 is 0 Å². The molecule has 2 aromatic rings. The van der Waals surface area contributed by atoms with Gasteiger partial charge in [0.1, 0.15) is 6.04 Å². The van der Waals surface area contributed by atoms with Crippen molar-refractivity contribution >= 4 is 11.3 Å². The van der Waals surface area contributed by atoms with E-state index in [4.69, 9.17) is 5.73 Å². The Balaban J connectivity index is 2.40. The summed E-state index contributed by atoms with van der Waals surface area (Å²) in [7, 11) is 0. The van der Waals surface area contributed by atoms with Crippen LogP contribution < -0.4 is 5.73 Å². The molecule has 18 heavy (non-hydrogen) atoms. The Morgan fingerprint density at radius 1 is 1.44 bits per heavy atom. The molecule has 0 aliphatic rings. The molecule has 0 aliphatic carbocycles. The molecule has 0 fully saturated rings. The second-order valence-electron chi connectivity index (χ2n) is 3.77. The van der Waals surface area contributed by atoms with Crippen molar-refractivity contribution in [1.82, 2.24) is 9.55 Å². The third-order valence-electron chi connectivity index (χ3n) is 2.56. The number of halogens is 3. The van der Waals surface area contributed by atoms with Crippen LogP contribution in [0.4, 0.5) is 13.2 Å². The number of rotatable bonds is 4. The summed E-state index contributed by atoms with van der Waals surface area (Å²) in [6.45, 7) is -0.0216. The number of hydrogen-bond acceptors (Lipinski definition) is 3. The molecular weight excluding hydrogens is 263 g/mol. The largest absolute Gasteiger partial charge is 0.409 e. The predicted octanol–water partition coefficient (Wildman–Crippen LogP) is 3.06. The van der Waals surface area contributed by atoms with Crippen LogP contribution >= 0.6 is 11.3 Å². The second-order valence-corrected chi connectivity index (χ2v) is 4.72. The van der Waals surface area contributed by atoms with Crippen LogP contribution in [0.15, 0.2) is 29.9 Å². The van der Waals surface area contributed by atoms with Crippen molar-refractivity contribution in [2.75, 3.05) is 6.54 Å². The van der Waals surface area contributed by atoms with Crippen LogP contribution in [0.25, 0.3) is 10.7 Å². The van der Waals surface area contributed by atoms with Gasteiger partial charge in [0, 0.05) is 12.4 Å². The van der Waals surface area contributed by atoms with Crippen LogP contribution in [0, 0.1) is 0 Å². The summed E-state index contributed by atoms with van der Waals surface area (Å²) in [5, 5.41) is 1.81. The smallest absolute Gasteiger partial charge is 0.330 e. The topological polar surface area (TPSA) is 43.8 Å². The van der Waals surface area contributed by atoms with E-state index in [1.165, 1.54) is 23.7 Å². The first-order valence-corrected chi connectivity index (χ1v) is 6.25. The molecule has 2 N–H and O–H groups in total. The monoisotopic (exact) mass is 275 g/mol. The molecule has 0 bridgehead atoms. The summed E-state index contributed by atoms with van der Waals surface area (Å²) in [5.41, 5.74) is 5.27. The highest BCUT2D eigenvalue weighted by Crippen LogP contribution is 2.36. The van der Waals surface area contributed by atoms with Gasteiger partial charge in [-0.05, 0) is 24.4 Å². The van der Waals surface area contributed by atoms with Crippen LogP contribution in [-0.4, -0.2) is 22.3 Å². The van der Waals surface area contributed by atoms with E-state index in [9.17, 15) is 13.2 Å². The van der Waals surface area contributed by atoms with E-state index < -0.39 is 12.2 Å². The van der Waals surface area contributed by atoms with E-state index in [2.05, 4.69) is 4.98 Å². The van der Waals surface area contributed by atoms with Crippen LogP contribution in [0.5, 0.6) is 0 Å². The molecule has 1 unspecified atom stereocenters. The lowest BCUT2D eigenvalue weighted by molar-refractivity contribution is -0.168. The van der Waals surface area contributed by atoms with Gasteiger partial charge in [-0.15, -0.1) is 11.3 Å². The van der Waals surface area contributed by atoms with E-state index in [1.807, 2.05) is 0 Å². The molecular formula is C11H12F3N3S. The first-order chi connectivity index (χ1) is 8.54. The Morgan fingerprint density at radius 2 is 2.22 bits per heavy atom. The van der Waals surface area contributed by atoms with Crippen molar-refractivity contribution in [1.29, 1.82) is 0 Å². The van der Waals surface area contributed by atoms with Crippen molar-refractivity contribution in [2.24, 2.45) is 5.73 Å². The predicted molar refractivity (Wildman–Crippen MR) is 64.3 cm³/mol. The van der Waals surface area contributed by atoms with Crippen molar-refractivity contribution in [3.8, 4) is 10.7 Å². The normalized spacial score (nSPS) is 13.8. The van der Waals surface area contributed by atoms with Crippen molar-refractivity contribution in [3.63, 3.8) is 0 Å². The fourth-order valence-electron chi connectivity index (χ4n) is 1.78. The van der Waals surface area contributed by atoms with Gasteiger partial charge in [-0.2, -0.15) is 13.2 Å². The number of aromatic nitrogens is 2. The summed E-state index contributed by atoms with van der Waals surface area (Å²) in [6.07, 6.45) is -1.75. The lowest BCUT2D eigenvalue weighted by atomic mass is 10.2. The molecule has 98 valence electrons. The zero-order valence-electron chi connectivity index (χ0n) is 9.39. The van der Waals surface area contributed by atoms with Gasteiger partial charge in [-0.3, -0.25) is 0 Å². The minimum atomic E-state index is -4.33. The van der Waals surface area contributed by atoms with Gasteiger partial charge in [0.25, 0.3) is 0 Å². The van der Waals surface area contributed by atoms with Gasteiger partial charge in [0.05, 0.1) is 4.88 Å². The van der Waals surface area contributed by atoms with Gasteiger partial charge < -0.3 is 10.3 Å². The average Bonchev–Trinajstić information content (AvgIpc) is 2.94. The molecule has 0 saturated heterocycles. The highest BCUT2D eigenvalue weighted by molar-refractivity contribution is 7.13. The Kier molecular flexibility index (Phi) is 3.72. The maximum Gasteiger partial charge on any atom is 0.409 e. The van der Waals surface area contributed by atoms with Gasteiger partial charge in [-0.1, -0.05) is 6.07 Å². The summed E-state index contributed by atoms with van der Waals surface area (Å²) >= 11 is 1.36. The average molecular weight is 275 g/mol. The quantitative estimate of drug-likeness (QED) is 0.932. The lowest BCUT2D eigenvalue weighted by Crippen LogP contribution is -2.28. The highest BCUT2D eigenvalue weighted by Gasteiger charge is 2.41. The Morgan fingerprint density at radius 3 is 2.78 bits per heavy atom. The van der Waals surface area contributed by atoms with Crippen molar-refractivity contribution < 1.29 is 13.2 Å². The molecule has 2 rings (SSSR count). The Labute approximate surface area is 106 Å². The molecule has 0 radical (unpaired) electrons. The number of thiophene rings is 1. The highest BCUT2D eigenvalue weighted by atomic mass is 32.1. The SMILES string of the molecule is NCCC(n1ccnc1-c1cccs1)C(F)(F)F. The fraction of sp³-hybridized carbons (Fsp3) is 0.364. The summed E-state index contributed by atoms with van der Waals surface area (Å²) in [4.78, 5) is 4.72. The second kappa shape index (κ2) is 5.11. The fourth-order valence-corrected chi connectivity index (χ4v) is 2.50. The van der Waals surface area contributed by atoms with Crippen molar-refractivity contribution in [2.45, 2.75) is 18.6 Å². The first kappa shape index (κ1) is 13.1. The number of nitrogens with two attached hydrogens (primary N) is 1. The number of nitrogens with zero attached hydrogens (tertiary/aromatic N) is 2. The maximum absolute atomic E-state index is 13.0. The van der Waals surface area contributed by atoms with Crippen LogP contribution in [0.2, 0.25) is 0 Å². The van der Waals surface area contributed by atoms with E-state index in [-0.39, 0.29) is 13.0 Å². The number of imidazole rings is 1. The van der Waals surface area contributed by atoms with Crippen LogP contribution in [-0.2, 0) is 0 Å². The molecule has 0 aliphatic heterocycles. The molecule has 0 spiro atoms. The Hall–Kier alpha value is -1.34. The number of alkyl halides is 3. The lowest BCUT2D eigenvalue weighted by Gasteiger charge is -2.22. The molecule has 2 aromatic heterocycles. The van der Waals surface area contributed by atoms with Crippen molar-refractivity contribution in [3.05, 3.63) is 29.9 Å². The third-order valence-corrected chi connectivity index (χ3v) is 3.43. The molecule has 7 heteroatoms. The standard InChI is InChI=1S/C11H12F3N3S/c12-11(13,14)9(3-4-15)17-6-5-16-10(17)8-2-1-7-18-8/h1-2,5-7,9H,3-4,15H2. The summed E-state index contributed by atoms with van der Waals surface area (Å²) < 4.78 is 40.1. The maximum atomic E-state index is 13.0. The number of hydrogen-bond donors (Lipinski definition) is 1. The minimum absolute atomic E-state index is 0.0216. The van der Waals surface area contributed by atoms with Gasteiger partial charge >= 0.3 is 6.18 Å². The van der Waals surface area contributed by atoms with Crippen LogP contribution in [0.1, 0.15) is 12.5 Å². The van der Waals surface area contributed by atoms with E-state index in [1.54, 1.807) is 17.5 Å². The molecule has 1 atom stereocenters. The van der Waals surface area contributed by atoms with Gasteiger partial charge in [0.2, 0.25) is 0 Å². The summed E-state index contributed by atoms with van der Waals surface area (Å²) in [5.74, 6) is 0.334. The van der Waals surface area contributed by atoms with Gasteiger partial charge in [0.15, 0.2) is 5.82 Å². The Bertz CT molecular complexity index is 490. The zero-order valence-corrected chi connectivity index (χ0v) is 10.2. The van der Waals surface area contributed by atoms with E-state index in [0.29, 0.717) is 10.7 Å². The van der Waals surface area contributed by atoms with E-state index in [0.717, 1.165) is 4.57 Å². The van der Waals surface area contributed by atoms with Crippen LogP contribution in [0.3, 0.4) is 0 Å². The summed E-state index contributed by atoms with van der Waals surface area (Å²) in [6, 6.07) is 1.91. The minimum Gasteiger partial charge on any atom is -0.330 e. The first-order valence-electron chi connectivity index (χ1n) is 5.37. The molecule has 3 nitrogen and oxygen atoms in total. The molecule has 0 aromatic carbocycles. The molecule has 2 heterocycles.